The summed E-state index contributed by atoms with van der Waals surface area (Å²) in [6.45, 7) is 5.08. The van der Waals surface area contributed by atoms with Gasteiger partial charge in [0.15, 0.2) is 0 Å². The average Bonchev–Trinajstić information content (AvgIpc) is 3.17. The van der Waals surface area contributed by atoms with Crippen molar-refractivity contribution in [1.82, 2.24) is 15.2 Å². The van der Waals surface area contributed by atoms with Gasteiger partial charge in [0.25, 0.3) is 5.91 Å². The number of hydrogen-bond acceptors (Lipinski definition) is 6. The number of nitrogens with one attached hydrogen (secondary N) is 1. The van der Waals surface area contributed by atoms with Crippen LogP contribution in [0.1, 0.15) is 47.0 Å². The average molecular weight is 440 g/mol. The quantitative estimate of drug-likeness (QED) is 0.369. The third-order valence-electron chi connectivity index (χ3n) is 5.49. The number of fused-ring (bicyclic) bond motifs is 1. The Morgan fingerprint density at radius 3 is 2.74 bits per heavy atom. The van der Waals surface area contributed by atoms with Crippen LogP contribution in [0.15, 0.2) is 42.6 Å². The van der Waals surface area contributed by atoms with Crippen molar-refractivity contribution in [3.05, 3.63) is 58.6 Å². The number of amides is 1. The first kappa shape index (κ1) is 21.7. The standard InChI is InChI=1S/C24H29N3O3S/c1-2-3-10-26-22(28)14-17-5-7-18(8-6-17)16-30-20-9-11-25-19-15-21(31-23(19)20)24(29)27-12-4-13-27/h5-9,11,15,22,26,28H,2-4,10,12-14,16H2,1H3. The minimum absolute atomic E-state index is 0.0853. The zero-order valence-corrected chi connectivity index (χ0v) is 18.7. The van der Waals surface area contributed by atoms with Gasteiger partial charge in [0, 0.05) is 25.7 Å². The van der Waals surface area contributed by atoms with Gasteiger partial charge in [-0.25, -0.2) is 0 Å². The number of aromatic nitrogens is 1. The summed E-state index contributed by atoms with van der Waals surface area (Å²) in [6, 6.07) is 11.8. The zero-order valence-electron chi connectivity index (χ0n) is 17.8. The lowest BCUT2D eigenvalue weighted by Crippen LogP contribution is -2.41. The molecule has 0 bridgehead atoms. The van der Waals surface area contributed by atoms with E-state index < -0.39 is 6.23 Å². The van der Waals surface area contributed by atoms with Crippen molar-refractivity contribution in [2.75, 3.05) is 19.6 Å². The van der Waals surface area contributed by atoms with Crippen LogP contribution in [0.2, 0.25) is 0 Å². The molecule has 1 aliphatic heterocycles. The fourth-order valence-electron chi connectivity index (χ4n) is 3.48. The predicted octanol–water partition coefficient (Wildman–Crippen LogP) is 3.97. The highest BCUT2D eigenvalue weighted by molar-refractivity contribution is 7.21. The minimum atomic E-state index is -0.522. The van der Waals surface area contributed by atoms with E-state index in [-0.39, 0.29) is 5.91 Å². The van der Waals surface area contributed by atoms with Crippen LogP contribution in [-0.2, 0) is 13.0 Å². The first-order valence-electron chi connectivity index (χ1n) is 10.9. The molecule has 3 heterocycles. The first-order valence-corrected chi connectivity index (χ1v) is 11.8. The molecule has 0 saturated carbocycles. The fourth-order valence-corrected chi connectivity index (χ4v) is 4.53. The molecule has 4 rings (SSSR count). The molecular formula is C24H29N3O3S. The number of carbonyl (C=O) groups excluding carboxylic acids is 1. The number of ether oxygens (including phenoxy) is 1. The molecule has 2 N–H and O–H groups in total. The maximum atomic E-state index is 12.5. The van der Waals surface area contributed by atoms with Crippen molar-refractivity contribution in [1.29, 1.82) is 0 Å². The summed E-state index contributed by atoms with van der Waals surface area (Å²) < 4.78 is 6.98. The molecule has 7 heteroatoms. The summed E-state index contributed by atoms with van der Waals surface area (Å²) >= 11 is 1.45. The summed E-state index contributed by atoms with van der Waals surface area (Å²) in [6.07, 6.45) is 5.03. The van der Waals surface area contributed by atoms with Crippen LogP contribution in [0.4, 0.5) is 0 Å². The minimum Gasteiger partial charge on any atom is -0.487 e. The molecule has 0 radical (unpaired) electrons. The summed E-state index contributed by atoms with van der Waals surface area (Å²) in [5, 5.41) is 13.2. The lowest BCUT2D eigenvalue weighted by molar-refractivity contribution is 0.0657. The number of likely N-dealkylation sites (tertiary alicyclic amines) is 1. The van der Waals surface area contributed by atoms with Crippen LogP contribution in [0.3, 0.4) is 0 Å². The lowest BCUT2D eigenvalue weighted by Gasteiger charge is -2.30. The lowest BCUT2D eigenvalue weighted by atomic mass is 10.1. The second kappa shape index (κ2) is 10.2. The predicted molar refractivity (Wildman–Crippen MR) is 124 cm³/mol. The highest BCUT2D eigenvalue weighted by Gasteiger charge is 2.24. The Morgan fingerprint density at radius 1 is 1.26 bits per heavy atom. The van der Waals surface area contributed by atoms with Crippen LogP contribution >= 0.6 is 11.3 Å². The molecule has 1 amide bonds. The highest BCUT2D eigenvalue weighted by Crippen LogP contribution is 2.33. The SMILES string of the molecule is CCCCNC(O)Cc1ccc(COc2ccnc3cc(C(=O)N4CCC4)sc23)cc1. The highest BCUT2D eigenvalue weighted by atomic mass is 32.1. The van der Waals surface area contributed by atoms with Gasteiger partial charge in [-0.15, -0.1) is 11.3 Å². The summed E-state index contributed by atoms with van der Waals surface area (Å²) in [7, 11) is 0. The Labute approximate surface area is 186 Å². The number of rotatable bonds is 10. The van der Waals surface area contributed by atoms with E-state index in [1.165, 1.54) is 11.3 Å². The largest absolute Gasteiger partial charge is 0.487 e. The van der Waals surface area contributed by atoms with Crippen LogP contribution in [0.5, 0.6) is 5.75 Å². The molecule has 2 aromatic heterocycles. The van der Waals surface area contributed by atoms with Crippen molar-refractivity contribution in [3.63, 3.8) is 0 Å². The van der Waals surface area contributed by atoms with Gasteiger partial charge in [0.05, 0.1) is 15.1 Å². The van der Waals surface area contributed by atoms with Gasteiger partial charge >= 0.3 is 0 Å². The molecule has 164 valence electrons. The van der Waals surface area contributed by atoms with E-state index in [0.717, 1.165) is 66.0 Å². The molecule has 6 nitrogen and oxygen atoms in total. The van der Waals surface area contributed by atoms with E-state index in [1.807, 2.05) is 41.3 Å². The summed E-state index contributed by atoms with van der Waals surface area (Å²) in [5.41, 5.74) is 2.93. The Balaban J connectivity index is 1.36. The van der Waals surface area contributed by atoms with Gasteiger partial charge in [-0.3, -0.25) is 15.1 Å². The van der Waals surface area contributed by atoms with Gasteiger partial charge in [0.2, 0.25) is 0 Å². The number of benzene rings is 1. The second-order valence-electron chi connectivity index (χ2n) is 7.91. The molecular weight excluding hydrogens is 410 g/mol. The van der Waals surface area contributed by atoms with E-state index in [2.05, 4.69) is 17.2 Å². The molecule has 31 heavy (non-hydrogen) atoms. The van der Waals surface area contributed by atoms with Crippen LogP contribution < -0.4 is 10.1 Å². The van der Waals surface area contributed by atoms with Crippen molar-refractivity contribution >= 4 is 27.5 Å². The monoisotopic (exact) mass is 439 g/mol. The molecule has 0 spiro atoms. The van der Waals surface area contributed by atoms with Crippen molar-refractivity contribution < 1.29 is 14.6 Å². The Bertz CT molecular complexity index is 1010. The van der Waals surface area contributed by atoms with E-state index in [1.54, 1.807) is 6.20 Å². The Kier molecular flexibility index (Phi) is 7.17. The van der Waals surface area contributed by atoms with E-state index in [4.69, 9.17) is 4.74 Å². The molecule has 1 atom stereocenters. The summed E-state index contributed by atoms with van der Waals surface area (Å²) in [5.74, 6) is 0.833. The van der Waals surface area contributed by atoms with Crippen LogP contribution in [-0.4, -0.2) is 46.8 Å². The molecule has 3 aromatic rings. The van der Waals surface area contributed by atoms with E-state index in [0.29, 0.717) is 17.9 Å². The number of nitrogens with zero attached hydrogens (tertiary/aromatic N) is 2. The van der Waals surface area contributed by atoms with E-state index >= 15 is 0 Å². The molecule has 1 saturated heterocycles. The van der Waals surface area contributed by atoms with Crippen LogP contribution in [0, 0.1) is 0 Å². The molecule has 0 aliphatic carbocycles. The number of hydrogen-bond donors (Lipinski definition) is 2. The van der Waals surface area contributed by atoms with Crippen molar-refractivity contribution in [2.24, 2.45) is 0 Å². The number of aliphatic hydroxyl groups excluding tert-OH is 1. The number of aliphatic hydroxyl groups is 1. The maximum Gasteiger partial charge on any atom is 0.264 e. The topological polar surface area (TPSA) is 74.7 Å². The number of carbonyl (C=O) groups is 1. The zero-order chi connectivity index (χ0) is 21.6. The number of pyridine rings is 1. The van der Waals surface area contributed by atoms with Gasteiger partial charge < -0.3 is 14.7 Å². The molecule has 1 aromatic carbocycles. The fraction of sp³-hybridized carbons (Fsp3) is 0.417. The van der Waals surface area contributed by atoms with Gasteiger partial charge in [0.1, 0.15) is 18.6 Å². The third-order valence-corrected chi connectivity index (χ3v) is 6.61. The van der Waals surface area contributed by atoms with E-state index in [9.17, 15) is 9.90 Å². The maximum absolute atomic E-state index is 12.5. The summed E-state index contributed by atoms with van der Waals surface area (Å²) in [4.78, 5) is 19.5. The first-order chi connectivity index (χ1) is 15.1. The van der Waals surface area contributed by atoms with Crippen molar-refractivity contribution in [3.8, 4) is 5.75 Å². The Morgan fingerprint density at radius 2 is 2.03 bits per heavy atom. The second-order valence-corrected chi connectivity index (χ2v) is 8.96. The molecule has 1 aliphatic rings. The van der Waals surface area contributed by atoms with Crippen molar-refractivity contribution in [2.45, 2.75) is 45.4 Å². The molecule has 1 unspecified atom stereocenters. The van der Waals surface area contributed by atoms with Gasteiger partial charge in [-0.1, -0.05) is 37.6 Å². The number of thiophene rings is 1. The third kappa shape index (κ3) is 5.42. The Hall–Kier alpha value is -2.48. The smallest absolute Gasteiger partial charge is 0.264 e. The number of unbranched alkanes of at least 4 members (excludes halogenated alkanes) is 1. The molecule has 1 fully saturated rings. The van der Waals surface area contributed by atoms with Gasteiger partial charge in [-0.2, -0.15) is 0 Å². The normalized spacial score (nSPS) is 14.5. The van der Waals surface area contributed by atoms with Crippen LogP contribution in [0.25, 0.3) is 10.2 Å². The van der Waals surface area contributed by atoms with Gasteiger partial charge in [-0.05, 0) is 42.6 Å².